The van der Waals surface area contributed by atoms with Crippen LogP contribution in [0.5, 0.6) is 0 Å². The number of rotatable bonds is 7. The minimum absolute atomic E-state index is 0.132. The maximum absolute atomic E-state index is 12.1. The summed E-state index contributed by atoms with van der Waals surface area (Å²) in [6.45, 7) is 5.84. The normalized spacial score (nSPS) is 14.5. The van der Waals surface area contributed by atoms with Crippen molar-refractivity contribution in [1.29, 1.82) is 0 Å². The van der Waals surface area contributed by atoms with E-state index < -0.39 is 10.0 Å². The van der Waals surface area contributed by atoms with Gasteiger partial charge in [0.15, 0.2) is 0 Å². The van der Waals surface area contributed by atoms with Crippen LogP contribution in [0.25, 0.3) is 0 Å². The van der Waals surface area contributed by atoms with E-state index in [9.17, 15) is 13.2 Å². The van der Waals surface area contributed by atoms with Gasteiger partial charge in [0.2, 0.25) is 10.0 Å². The second-order valence-corrected chi connectivity index (χ2v) is 6.78. The van der Waals surface area contributed by atoms with E-state index in [0.717, 1.165) is 0 Å². The zero-order chi connectivity index (χ0) is 16.0. The number of hydrogen-bond acceptors (Lipinski definition) is 4. The lowest BCUT2D eigenvalue weighted by Gasteiger charge is -2.13. The van der Waals surface area contributed by atoms with Gasteiger partial charge >= 0.3 is 0 Å². The van der Waals surface area contributed by atoms with Gasteiger partial charge < -0.3 is 11.1 Å². The second-order valence-electron chi connectivity index (χ2n) is 5.07. The molecule has 0 spiro atoms. The Morgan fingerprint density at radius 2 is 1.76 bits per heavy atom. The van der Waals surface area contributed by atoms with Crippen LogP contribution >= 0.6 is 0 Å². The lowest BCUT2D eigenvalue weighted by atomic mass is 10.2. The van der Waals surface area contributed by atoms with E-state index in [-0.39, 0.29) is 22.9 Å². The molecule has 0 aliphatic heterocycles. The first-order valence-corrected chi connectivity index (χ1v) is 8.41. The molecular weight excluding hydrogens is 290 g/mol. The summed E-state index contributed by atoms with van der Waals surface area (Å²) in [6, 6.07) is 5.56. The summed E-state index contributed by atoms with van der Waals surface area (Å²) in [4.78, 5) is 12.0. The molecule has 0 radical (unpaired) electrons. The maximum atomic E-state index is 12.1. The van der Waals surface area contributed by atoms with E-state index >= 15 is 0 Å². The van der Waals surface area contributed by atoms with E-state index in [0.29, 0.717) is 18.5 Å². The van der Waals surface area contributed by atoms with Crippen LogP contribution in [0.4, 0.5) is 0 Å². The Labute approximate surface area is 126 Å². The number of nitrogens with one attached hydrogen (secondary N) is 2. The second kappa shape index (κ2) is 7.53. The molecule has 6 nitrogen and oxygen atoms in total. The van der Waals surface area contributed by atoms with Gasteiger partial charge in [-0.2, -0.15) is 0 Å². The third kappa shape index (κ3) is 5.11. The molecule has 0 aliphatic carbocycles. The van der Waals surface area contributed by atoms with Crippen molar-refractivity contribution in [1.82, 2.24) is 10.0 Å². The summed E-state index contributed by atoms with van der Waals surface area (Å²) in [5, 5.41) is 2.72. The zero-order valence-corrected chi connectivity index (χ0v) is 13.4. The summed E-state index contributed by atoms with van der Waals surface area (Å²) in [6.07, 6.45) is 0.705. The number of nitrogens with two attached hydrogens (primary N) is 1. The largest absolute Gasteiger partial charge is 0.348 e. The minimum atomic E-state index is -3.54. The monoisotopic (exact) mass is 313 g/mol. The van der Waals surface area contributed by atoms with Gasteiger partial charge in [0.05, 0.1) is 4.90 Å². The number of amides is 1. The van der Waals surface area contributed by atoms with Crippen molar-refractivity contribution in [2.45, 2.75) is 44.2 Å². The van der Waals surface area contributed by atoms with Crippen LogP contribution in [0.1, 0.15) is 37.6 Å². The fourth-order valence-electron chi connectivity index (χ4n) is 1.57. The van der Waals surface area contributed by atoms with Gasteiger partial charge in [-0.3, -0.25) is 4.79 Å². The summed E-state index contributed by atoms with van der Waals surface area (Å²) in [5.41, 5.74) is 5.84. The van der Waals surface area contributed by atoms with E-state index in [1.807, 2.05) is 6.92 Å². The Kier molecular flexibility index (Phi) is 6.32. The summed E-state index contributed by atoms with van der Waals surface area (Å²) >= 11 is 0. The van der Waals surface area contributed by atoms with Gasteiger partial charge in [-0.15, -0.1) is 0 Å². The van der Waals surface area contributed by atoms with Gasteiger partial charge in [-0.25, -0.2) is 13.1 Å². The Morgan fingerprint density at radius 3 is 2.24 bits per heavy atom. The Morgan fingerprint density at radius 1 is 1.19 bits per heavy atom. The van der Waals surface area contributed by atoms with E-state index in [4.69, 9.17) is 5.73 Å². The standard InChI is InChI=1S/C14H23N3O3S/c1-4-10(2)17-21(19,20)13-7-5-12(6-8-13)14(18)16-11(3)9-15/h5-8,10-11,17H,4,9,15H2,1-3H3,(H,16,18)/t10?,11-/m0/s1. The molecular formula is C14H23N3O3S. The van der Waals surface area contributed by atoms with Gasteiger partial charge in [-0.05, 0) is 44.5 Å². The molecule has 0 bridgehead atoms. The van der Waals surface area contributed by atoms with Crippen LogP contribution < -0.4 is 15.8 Å². The third-order valence-electron chi connectivity index (χ3n) is 3.13. The van der Waals surface area contributed by atoms with Crippen molar-refractivity contribution in [3.8, 4) is 0 Å². The Hall–Kier alpha value is -1.44. The van der Waals surface area contributed by atoms with Crippen molar-refractivity contribution >= 4 is 15.9 Å². The molecule has 0 aliphatic rings. The number of carbonyl (C=O) groups excluding carboxylic acids is 1. The highest BCUT2D eigenvalue weighted by atomic mass is 32.2. The van der Waals surface area contributed by atoms with E-state index in [1.54, 1.807) is 13.8 Å². The fourth-order valence-corrected chi connectivity index (χ4v) is 2.89. The van der Waals surface area contributed by atoms with Gasteiger partial charge in [0.1, 0.15) is 0 Å². The van der Waals surface area contributed by atoms with Crippen LogP contribution in [0.2, 0.25) is 0 Å². The predicted molar refractivity (Wildman–Crippen MR) is 82.5 cm³/mol. The smallest absolute Gasteiger partial charge is 0.251 e. The molecule has 118 valence electrons. The molecule has 0 fully saturated rings. The number of carbonyl (C=O) groups is 1. The molecule has 1 amide bonds. The molecule has 4 N–H and O–H groups in total. The number of benzene rings is 1. The first-order chi connectivity index (χ1) is 9.80. The fraction of sp³-hybridized carbons (Fsp3) is 0.500. The Bertz CT molecular complexity index is 570. The SMILES string of the molecule is CCC(C)NS(=O)(=O)c1ccc(C(=O)N[C@@H](C)CN)cc1. The molecule has 0 heterocycles. The molecule has 21 heavy (non-hydrogen) atoms. The molecule has 7 heteroatoms. The molecule has 2 atom stereocenters. The third-order valence-corrected chi connectivity index (χ3v) is 4.73. The number of hydrogen-bond donors (Lipinski definition) is 3. The van der Waals surface area contributed by atoms with Gasteiger partial charge in [0, 0.05) is 24.2 Å². The maximum Gasteiger partial charge on any atom is 0.251 e. The van der Waals surface area contributed by atoms with E-state index in [1.165, 1.54) is 24.3 Å². The van der Waals surface area contributed by atoms with Crippen LogP contribution in [0.3, 0.4) is 0 Å². The molecule has 0 saturated heterocycles. The minimum Gasteiger partial charge on any atom is -0.348 e. The summed E-state index contributed by atoms with van der Waals surface area (Å²) < 4.78 is 26.7. The zero-order valence-electron chi connectivity index (χ0n) is 12.6. The summed E-state index contributed by atoms with van der Waals surface area (Å²) in [5.74, 6) is -0.271. The average molecular weight is 313 g/mol. The van der Waals surface area contributed by atoms with Gasteiger partial charge in [-0.1, -0.05) is 6.92 Å². The van der Waals surface area contributed by atoms with Crippen LogP contribution in [-0.2, 0) is 10.0 Å². The lowest BCUT2D eigenvalue weighted by molar-refractivity contribution is 0.0941. The summed E-state index contributed by atoms with van der Waals surface area (Å²) in [7, 11) is -3.54. The topological polar surface area (TPSA) is 101 Å². The van der Waals surface area contributed by atoms with Gasteiger partial charge in [0.25, 0.3) is 5.91 Å². The van der Waals surface area contributed by atoms with Crippen molar-refractivity contribution in [2.75, 3.05) is 6.54 Å². The van der Waals surface area contributed by atoms with Crippen molar-refractivity contribution in [3.63, 3.8) is 0 Å². The van der Waals surface area contributed by atoms with E-state index in [2.05, 4.69) is 10.0 Å². The van der Waals surface area contributed by atoms with Crippen molar-refractivity contribution in [2.24, 2.45) is 5.73 Å². The lowest BCUT2D eigenvalue weighted by Crippen LogP contribution is -2.37. The molecule has 1 rings (SSSR count). The Balaban J connectivity index is 2.85. The highest BCUT2D eigenvalue weighted by Crippen LogP contribution is 2.11. The highest BCUT2D eigenvalue weighted by molar-refractivity contribution is 7.89. The van der Waals surface area contributed by atoms with Crippen LogP contribution in [0.15, 0.2) is 29.2 Å². The first-order valence-electron chi connectivity index (χ1n) is 6.93. The average Bonchev–Trinajstić information content (AvgIpc) is 2.46. The van der Waals surface area contributed by atoms with Crippen molar-refractivity contribution < 1.29 is 13.2 Å². The highest BCUT2D eigenvalue weighted by Gasteiger charge is 2.17. The molecule has 0 aromatic heterocycles. The number of sulfonamides is 1. The first kappa shape index (κ1) is 17.6. The molecule has 1 aromatic rings. The molecule has 0 saturated carbocycles. The van der Waals surface area contributed by atoms with Crippen molar-refractivity contribution in [3.05, 3.63) is 29.8 Å². The van der Waals surface area contributed by atoms with Crippen LogP contribution in [0, 0.1) is 0 Å². The molecule has 1 unspecified atom stereocenters. The molecule has 1 aromatic carbocycles. The quantitative estimate of drug-likeness (QED) is 0.694. The predicted octanol–water partition coefficient (Wildman–Crippen LogP) is 0.840. The van der Waals surface area contributed by atoms with Crippen LogP contribution in [-0.4, -0.2) is 33.0 Å².